The van der Waals surface area contributed by atoms with Crippen LogP contribution < -0.4 is 0 Å². The van der Waals surface area contributed by atoms with Crippen LogP contribution in [0.2, 0.25) is 0 Å². The van der Waals surface area contributed by atoms with E-state index in [9.17, 15) is 0 Å². The van der Waals surface area contributed by atoms with Crippen LogP contribution in [-0.2, 0) is 14.2 Å². The monoisotopic (exact) mass is 144 g/mol. The Kier molecular flexibility index (Phi) is 1.44. The molecule has 2 heterocycles. The average Bonchev–Trinajstić information content (AvgIpc) is 2.62. The van der Waals surface area contributed by atoms with Gasteiger partial charge in [0.1, 0.15) is 18.3 Å². The van der Waals surface area contributed by atoms with Crippen molar-refractivity contribution in [1.82, 2.24) is 0 Å². The van der Waals surface area contributed by atoms with E-state index in [1.165, 1.54) is 0 Å². The quantitative estimate of drug-likeness (QED) is 0.518. The summed E-state index contributed by atoms with van der Waals surface area (Å²) < 4.78 is 15.8. The van der Waals surface area contributed by atoms with E-state index in [2.05, 4.69) is 0 Å². The molecule has 0 amide bonds. The van der Waals surface area contributed by atoms with Crippen LogP contribution in [0.4, 0.5) is 0 Å². The van der Waals surface area contributed by atoms with Gasteiger partial charge >= 0.3 is 0 Å². The normalized spacial score (nSPS) is 46.8. The first-order valence-electron chi connectivity index (χ1n) is 3.63. The maximum atomic E-state index is 5.42. The van der Waals surface area contributed by atoms with Crippen molar-refractivity contribution in [1.29, 1.82) is 0 Å². The van der Waals surface area contributed by atoms with Crippen LogP contribution >= 0.6 is 0 Å². The molecule has 4 atom stereocenters. The smallest absolute Gasteiger partial charge is 0.115 e. The summed E-state index contributed by atoms with van der Waals surface area (Å²) in [6.07, 6.45) is 1.05. The first kappa shape index (κ1) is 6.58. The Hall–Kier alpha value is -0.120. The fraction of sp³-hybridized carbons (Fsp3) is 1.00. The van der Waals surface area contributed by atoms with Crippen molar-refractivity contribution in [2.24, 2.45) is 0 Å². The van der Waals surface area contributed by atoms with Gasteiger partial charge < -0.3 is 14.2 Å². The first-order valence-corrected chi connectivity index (χ1v) is 3.63. The number of methoxy groups -OCH3 is 1. The second kappa shape index (κ2) is 2.19. The summed E-state index contributed by atoms with van der Waals surface area (Å²) in [7, 11) is 1.70. The summed E-state index contributed by atoms with van der Waals surface area (Å²) in [6, 6.07) is 0. The summed E-state index contributed by atoms with van der Waals surface area (Å²) in [5.41, 5.74) is 0. The number of fused-ring (bicyclic) bond motifs is 1. The number of hydrogen-bond donors (Lipinski definition) is 0. The molecule has 0 aliphatic carbocycles. The van der Waals surface area contributed by atoms with Crippen LogP contribution in [0, 0.1) is 0 Å². The van der Waals surface area contributed by atoms with Gasteiger partial charge in [-0.3, -0.25) is 0 Å². The Bertz CT molecular complexity index is 137. The Labute approximate surface area is 60.3 Å². The highest BCUT2D eigenvalue weighted by Crippen LogP contribution is 2.36. The van der Waals surface area contributed by atoms with Gasteiger partial charge in [-0.1, -0.05) is 0 Å². The minimum atomic E-state index is 0.164. The average molecular weight is 144 g/mol. The number of rotatable bonds is 2. The summed E-state index contributed by atoms with van der Waals surface area (Å²) in [5, 5.41) is 0. The van der Waals surface area contributed by atoms with Gasteiger partial charge in [-0.15, -0.1) is 0 Å². The summed E-state index contributed by atoms with van der Waals surface area (Å²) >= 11 is 0. The molecule has 2 rings (SSSR count). The zero-order valence-corrected chi connectivity index (χ0v) is 6.24. The molecule has 2 aliphatic heterocycles. The van der Waals surface area contributed by atoms with E-state index >= 15 is 0 Å². The predicted molar refractivity (Wildman–Crippen MR) is 34.9 cm³/mol. The summed E-state index contributed by atoms with van der Waals surface area (Å²) in [6.45, 7) is 2.76. The molecule has 0 N–H and O–H groups in total. The van der Waals surface area contributed by atoms with Gasteiger partial charge in [-0.05, 0) is 6.92 Å². The molecule has 4 unspecified atom stereocenters. The molecular formula is C7H12O3. The maximum Gasteiger partial charge on any atom is 0.115 e. The third-order valence-electron chi connectivity index (χ3n) is 2.23. The van der Waals surface area contributed by atoms with E-state index in [1.54, 1.807) is 7.11 Å². The Morgan fingerprint density at radius 2 is 2.40 bits per heavy atom. The third kappa shape index (κ3) is 0.856. The van der Waals surface area contributed by atoms with E-state index in [4.69, 9.17) is 14.2 Å². The van der Waals surface area contributed by atoms with Crippen molar-refractivity contribution < 1.29 is 14.2 Å². The Morgan fingerprint density at radius 1 is 1.60 bits per heavy atom. The molecule has 0 aromatic rings. The van der Waals surface area contributed by atoms with Gasteiger partial charge in [-0.2, -0.15) is 0 Å². The lowest BCUT2D eigenvalue weighted by Crippen LogP contribution is -2.29. The zero-order valence-electron chi connectivity index (χ0n) is 6.24. The Balaban J connectivity index is 1.92. The number of ether oxygens (including phenoxy) is 3. The van der Waals surface area contributed by atoms with Crippen molar-refractivity contribution in [2.45, 2.75) is 31.3 Å². The SMILES string of the molecule is COC(C)C1OCC2OC21. The van der Waals surface area contributed by atoms with Crippen LogP contribution in [0.25, 0.3) is 0 Å². The molecule has 3 heteroatoms. The second-order valence-corrected chi connectivity index (χ2v) is 2.88. The maximum absolute atomic E-state index is 5.42. The van der Waals surface area contributed by atoms with Crippen molar-refractivity contribution in [3.8, 4) is 0 Å². The fourth-order valence-electron chi connectivity index (χ4n) is 1.42. The van der Waals surface area contributed by atoms with Gasteiger partial charge in [0.25, 0.3) is 0 Å². The molecule has 0 aromatic carbocycles. The molecule has 0 bridgehead atoms. The second-order valence-electron chi connectivity index (χ2n) is 2.88. The standard InChI is InChI=1S/C7H12O3/c1-4(8-2)6-7-5(10-7)3-9-6/h4-7H,3H2,1-2H3. The molecule has 58 valence electrons. The van der Waals surface area contributed by atoms with E-state index in [0.29, 0.717) is 12.2 Å². The largest absolute Gasteiger partial charge is 0.379 e. The molecule has 0 saturated carbocycles. The summed E-state index contributed by atoms with van der Waals surface area (Å²) in [5.74, 6) is 0. The highest BCUT2D eigenvalue weighted by molar-refractivity contribution is 4.99. The van der Waals surface area contributed by atoms with E-state index in [0.717, 1.165) is 6.61 Å². The van der Waals surface area contributed by atoms with Crippen molar-refractivity contribution in [3.05, 3.63) is 0 Å². The molecule has 2 fully saturated rings. The highest BCUT2D eigenvalue weighted by atomic mass is 16.7. The molecule has 10 heavy (non-hydrogen) atoms. The lowest BCUT2D eigenvalue weighted by Gasteiger charge is -2.17. The van der Waals surface area contributed by atoms with Crippen molar-refractivity contribution in [3.63, 3.8) is 0 Å². The van der Waals surface area contributed by atoms with Gasteiger partial charge in [0.15, 0.2) is 0 Å². The molecule has 0 spiro atoms. The van der Waals surface area contributed by atoms with E-state index < -0.39 is 0 Å². The van der Waals surface area contributed by atoms with Gasteiger partial charge in [-0.25, -0.2) is 0 Å². The molecular weight excluding hydrogens is 132 g/mol. The van der Waals surface area contributed by atoms with Crippen LogP contribution in [0.5, 0.6) is 0 Å². The van der Waals surface area contributed by atoms with Crippen LogP contribution in [0.3, 0.4) is 0 Å². The van der Waals surface area contributed by atoms with Crippen molar-refractivity contribution >= 4 is 0 Å². The fourth-order valence-corrected chi connectivity index (χ4v) is 1.42. The Morgan fingerprint density at radius 3 is 2.80 bits per heavy atom. The summed E-state index contributed by atoms with van der Waals surface area (Å²) in [4.78, 5) is 0. The predicted octanol–water partition coefficient (Wildman–Crippen LogP) is 0.187. The minimum absolute atomic E-state index is 0.164. The molecule has 2 aliphatic rings. The molecule has 0 radical (unpaired) electrons. The van der Waals surface area contributed by atoms with Crippen LogP contribution in [0.1, 0.15) is 6.92 Å². The van der Waals surface area contributed by atoms with E-state index in [1.807, 2.05) is 6.92 Å². The van der Waals surface area contributed by atoms with Crippen molar-refractivity contribution in [2.75, 3.05) is 13.7 Å². The number of hydrogen-bond acceptors (Lipinski definition) is 3. The van der Waals surface area contributed by atoms with Gasteiger partial charge in [0.2, 0.25) is 0 Å². The lowest BCUT2D eigenvalue weighted by atomic mass is 10.1. The lowest BCUT2D eigenvalue weighted by molar-refractivity contribution is -0.0568. The van der Waals surface area contributed by atoms with Crippen LogP contribution in [0.15, 0.2) is 0 Å². The van der Waals surface area contributed by atoms with Crippen LogP contribution in [-0.4, -0.2) is 38.1 Å². The highest BCUT2D eigenvalue weighted by Gasteiger charge is 2.53. The molecule has 0 aromatic heterocycles. The molecule has 3 nitrogen and oxygen atoms in total. The minimum Gasteiger partial charge on any atom is -0.379 e. The third-order valence-corrected chi connectivity index (χ3v) is 2.23. The van der Waals surface area contributed by atoms with Gasteiger partial charge in [0, 0.05) is 7.11 Å². The topological polar surface area (TPSA) is 31.0 Å². The number of epoxide rings is 1. The van der Waals surface area contributed by atoms with Gasteiger partial charge in [0.05, 0.1) is 12.7 Å². The zero-order chi connectivity index (χ0) is 7.14. The molecule has 2 saturated heterocycles. The first-order chi connectivity index (χ1) is 4.83. The van der Waals surface area contributed by atoms with E-state index in [-0.39, 0.29) is 12.2 Å².